The number of nitrogens with zero attached hydrogens (tertiary/aromatic N) is 1. The molecule has 0 saturated heterocycles. The average Bonchev–Trinajstić information content (AvgIpc) is 2.58. The van der Waals surface area contributed by atoms with Crippen molar-refractivity contribution in [1.29, 1.82) is 0 Å². The molecule has 2 heterocycles. The standard InChI is InChI=1S/C11H9FN2S/c1-6-14-11-8-4-7(12)2-3-9(8)13-5-10(11)15-6/h2-4,13H,5H2,1H3. The molecule has 0 aliphatic carbocycles. The van der Waals surface area contributed by atoms with Crippen LogP contribution >= 0.6 is 11.3 Å². The Morgan fingerprint density at radius 2 is 2.33 bits per heavy atom. The molecule has 4 heteroatoms. The lowest BCUT2D eigenvalue weighted by Crippen LogP contribution is -2.06. The second-order valence-electron chi connectivity index (χ2n) is 3.55. The number of fused-ring (bicyclic) bond motifs is 3. The van der Waals surface area contributed by atoms with Gasteiger partial charge in [0.2, 0.25) is 0 Å². The first-order chi connectivity index (χ1) is 7.24. The Morgan fingerprint density at radius 1 is 1.47 bits per heavy atom. The Hall–Kier alpha value is -1.42. The van der Waals surface area contributed by atoms with E-state index in [-0.39, 0.29) is 5.82 Å². The molecular weight excluding hydrogens is 211 g/mol. The van der Waals surface area contributed by atoms with Gasteiger partial charge in [0, 0.05) is 11.3 Å². The Labute approximate surface area is 90.8 Å². The second kappa shape index (κ2) is 3.03. The Balaban J connectivity index is 2.27. The summed E-state index contributed by atoms with van der Waals surface area (Å²) in [6.45, 7) is 2.77. The van der Waals surface area contributed by atoms with E-state index >= 15 is 0 Å². The molecule has 15 heavy (non-hydrogen) atoms. The number of nitrogens with one attached hydrogen (secondary N) is 1. The van der Waals surface area contributed by atoms with Gasteiger partial charge in [-0.2, -0.15) is 0 Å². The molecule has 1 aromatic carbocycles. The summed E-state index contributed by atoms with van der Waals surface area (Å²) in [6, 6.07) is 4.78. The summed E-state index contributed by atoms with van der Waals surface area (Å²) in [6.07, 6.45) is 0. The summed E-state index contributed by atoms with van der Waals surface area (Å²) in [5.74, 6) is -0.214. The molecular formula is C11H9FN2S. The maximum atomic E-state index is 13.1. The van der Waals surface area contributed by atoms with E-state index in [4.69, 9.17) is 0 Å². The molecule has 0 radical (unpaired) electrons. The van der Waals surface area contributed by atoms with E-state index in [1.165, 1.54) is 10.9 Å². The number of hydrogen-bond donors (Lipinski definition) is 1. The van der Waals surface area contributed by atoms with E-state index in [1.807, 2.05) is 6.92 Å². The van der Waals surface area contributed by atoms with Gasteiger partial charge in [0.1, 0.15) is 5.82 Å². The van der Waals surface area contributed by atoms with E-state index in [0.717, 1.165) is 28.5 Å². The van der Waals surface area contributed by atoms with Crippen molar-refractivity contribution < 1.29 is 4.39 Å². The molecule has 0 bridgehead atoms. The van der Waals surface area contributed by atoms with Gasteiger partial charge in [0.25, 0.3) is 0 Å². The van der Waals surface area contributed by atoms with Gasteiger partial charge < -0.3 is 5.32 Å². The number of aryl methyl sites for hydroxylation is 1. The lowest BCUT2D eigenvalue weighted by atomic mass is 10.1. The summed E-state index contributed by atoms with van der Waals surface area (Å²) >= 11 is 1.66. The highest BCUT2D eigenvalue weighted by atomic mass is 32.1. The quantitative estimate of drug-likeness (QED) is 0.737. The van der Waals surface area contributed by atoms with Crippen molar-refractivity contribution in [3.05, 3.63) is 33.9 Å². The van der Waals surface area contributed by atoms with Gasteiger partial charge in [-0.25, -0.2) is 9.37 Å². The van der Waals surface area contributed by atoms with Crippen LogP contribution in [0, 0.1) is 12.7 Å². The molecule has 0 atom stereocenters. The minimum Gasteiger partial charge on any atom is -0.380 e. The molecule has 1 aliphatic heterocycles. The first-order valence-corrected chi connectivity index (χ1v) is 5.56. The zero-order chi connectivity index (χ0) is 10.4. The van der Waals surface area contributed by atoms with Crippen molar-refractivity contribution in [3.8, 4) is 11.3 Å². The molecule has 2 aromatic rings. The monoisotopic (exact) mass is 220 g/mol. The van der Waals surface area contributed by atoms with E-state index in [9.17, 15) is 4.39 Å². The second-order valence-corrected chi connectivity index (χ2v) is 4.84. The molecule has 0 unspecified atom stereocenters. The Bertz CT molecular complexity index is 533. The normalized spacial score (nSPS) is 12.9. The number of rotatable bonds is 0. The molecule has 0 saturated carbocycles. The summed E-state index contributed by atoms with van der Waals surface area (Å²) in [5, 5.41) is 4.29. The van der Waals surface area contributed by atoms with Crippen molar-refractivity contribution in [3.63, 3.8) is 0 Å². The van der Waals surface area contributed by atoms with E-state index in [2.05, 4.69) is 10.3 Å². The third-order valence-electron chi connectivity index (χ3n) is 2.48. The molecule has 1 aromatic heterocycles. The molecule has 0 fully saturated rings. The molecule has 1 N–H and O–H groups in total. The first-order valence-electron chi connectivity index (χ1n) is 4.74. The number of anilines is 1. The van der Waals surface area contributed by atoms with Crippen LogP contribution in [0.25, 0.3) is 11.3 Å². The van der Waals surface area contributed by atoms with Crippen LogP contribution in [-0.2, 0) is 6.54 Å². The first kappa shape index (κ1) is 8.85. The fourth-order valence-electron chi connectivity index (χ4n) is 1.84. The van der Waals surface area contributed by atoms with Gasteiger partial charge in [-0.05, 0) is 25.1 Å². The van der Waals surface area contributed by atoms with Crippen molar-refractivity contribution in [2.24, 2.45) is 0 Å². The van der Waals surface area contributed by atoms with Gasteiger partial charge in [0.15, 0.2) is 0 Å². The predicted octanol–water partition coefficient (Wildman–Crippen LogP) is 3.18. The largest absolute Gasteiger partial charge is 0.380 e. The van der Waals surface area contributed by atoms with Gasteiger partial charge >= 0.3 is 0 Å². The van der Waals surface area contributed by atoms with Crippen LogP contribution in [-0.4, -0.2) is 4.98 Å². The van der Waals surface area contributed by atoms with Crippen molar-refractivity contribution in [1.82, 2.24) is 4.98 Å². The Morgan fingerprint density at radius 3 is 3.20 bits per heavy atom. The minimum absolute atomic E-state index is 0.214. The van der Waals surface area contributed by atoms with Crippen LogP contribution in [0.5, 0.6) is 0 Å². The zero-order valence-electron chi connectivity index (χ0n) is 8.17. The van der Waals surface area contributed by atoms with Crippen molar-refractivity contribution >= 4 is 17.0 Å². The van der Waals surface area contributed by atoms with Gasteiger partial charge in [-0.3, -0.25) is 0 Å². The number of thiazole rings is 1. The summed E-state index contributed by atoms with van der Waals surface area (Å²) in [7, 11) is 0. The van der Waals surface area contributed by atoms with Crippen molar-refractivity contribution in [2.45, 2.75) is 13.5 Å². The maximum absolute atomic E-state index is 13.1. The fraction of sp³-hybridized carbons (Fsp3) is 0.182. The summed E-state index contributed by atoms with van der Waals surface area (Å²) in [5.41, 5.74) is 2.78. The van der Waals surface area contributed by atoms with Crippen LogP contribution in [0.3, 0.4) is 0 Å². The molecule has 2 nitrogen and oxygen atoms in total. The van der Waals surface area contributed by atoms with Crippen molar-refractivity contribution in [2.75, 3.05) is 5.32 Å². The lowest BCUT2D eigenvalue weighted by Gasteiger charge is -2.16. The van der Waals surface area contributed by atoms with E-state index in [0.29, 0.717) is 0 Å². The van der Waals surface area contributed by atoms with Gasteiger partial charge in [0.05, 0.1) is 22.1 Å². The minimum atomic E-state index is -0.214. The third-order valence-corrected chi connectivity index (χ3v) is 3.45. The van der Waals surface area contributed by atoms with Gasteiger partial charge in [-0.15, -0.1) is 11.3 Å². The third kappa shape index (κ3) is 1.33. The van der Waals surface area contributed by atoms with Crippen LogP contribution in [0.2, 0.25) is 0 Å². The fourth-order valence-corrected chi connectivity index (χ4v) is 2.73. The zero-order valence-corrected chi connectivity index (χ0v) is 8.99. The average molecular weight is 220 g/mol. The number of hydrogen-bond acceptors (Lipinski definition) is 3. The van der Waals surface area contributed by atoms with E-state index in [1.54, 1.807) is 23.5 Å². The number of benzene rings is 1. The lowest BCUT2D eigenvalue weighted by molar-refractivity contribution is 0.628. The highest BCUT2D eigenvalue weighted by Gasteiger charge is 2.19. The molecule has 76 valence electrons. The predicted molar refractivity (Wildman–Crippen MR) is 59.6 cm³/mol. The topological polar surface area (TPSA) is 24.9 Å². The SMILES string of the molecule is Cc1nc2c(s1)CNc1ccc(F)cc1-2. The molecule has 3 rings (SSSR count). The number of halogens is 1. The highest BCUT2D eigenvalue weighted by molar-refractivity contribution is 7.12. The smallest absolute Gasteiger partial charge is 0.124 e. The maximum Gasteiger partial charge on any atom is 0.124 e. The van der Waals surface area contributed by atoms with E-state index < -0.39 is 0 Å². The summed E-state index contributed by atoms with van der Waals surface area (Å²) < 4.78 is 13.1. The van der Waals surface area contributed by atoms with Gasteiger partial charge in [-0.1, -0.05) is 0 Å². The van der Waals surface area contributed by atoms with Crippen LogP contribution in [0.15, 0.2) is 18.2 Å². The molecule has 0 amide bonds. The molecule has 0 spiro atoms. The molecule has 1 aliphatic rings. The Kier molecular flexibility index (Phi) is 1.79. The van der Waals surface area contributed by atoms with Crippen LogP contribution in [0.1, 0.15) is 9.88 Å². The van der Waals surface area contributed by atoms with Crippen LogP contribution in [0.4, 0.5) is 10.1 Å². The highest BCUT2D eigenvalue weighted by Crippen LogP contribution is 2.37. The number of aromatic nitrogens is 1. The summed E-state index contributed by atoms with van der Waals surface area (Å²) in [4.78, 5) is 5.63. The van der Waals surface area contributed by atoms with Crippen LogP contribution < -0.4 is 5.32 Å².